The molecule has 3 heterocycles. The molecule has 2 fully saturated rings. The summed E-state index contributed by atoms with van der Waals surface area (Å²) in [5.74, 6) is 1.98. The number of hydrogen-bond acceptors (Lipinski definition) is 5. The number of likely N-dealkylation sites (tertiary alicyclic amines) is 1. The summed E-state index contributed by atoms with van der Waals surface area (Å²) in [4.78, 5) is 16.9. The van der Waals surface area contributed by atoms with Crippen molar-refractivity contribution in [3.05, 3.63) is 23.8 Å². The summed E-state index contributed by atoms with van der Waals surface area (Å²) in [5.41, 5.74) is 1.27. The first-order valence-corrected chi connectivity index (χ1v) is 9.43. The van der Waals surface area contributed by atoms with Crippen molar-refractivity contribution in [2.24, 2.45) is 0 Å². The molecular formula is C19H28ClN3O3. The van der Waals surface area contributed by atoms with E-state index in [1.165, 1.54) is 12.0 Å². The zero-order chi connectivity index (χ0) is 17.1. The van der Waals surface area contributed by atoms with Gasteiger partial charge in [-0.25, -0.2) is 0 Å². The molecule has 1 aromatic rings. The van der Waals surface area contributed by atoms with Crippen molar-refractivity contribution in [2.75, 3.05) is 52.5 Å². The van der Waals surface area contributed by atoms with E-state index in [0.717, 1.165) is 57.2 Å². The van der Waals surface area contributed by atoms with Crippen LogP contribution in [0.2, 0.25) is 0 Å². The Morgan fingerprint density at radius 1 is 1.12 bits per heavy atom. The van der Waals surface area contributed by atoms with Gasteiger partial charge < -0.3 is 19.7 Å². The lowest BCUT2D eigenvalue weighted by atomic mass is 10.0. The highest BCUT2D eigenvalue weighted by molar-refractivity contribution is 5.85. The summed E-state index contributed by atoms with van der Waals surface area (Å²) in [7, 11) is 0. The third-order valence-corrected chi connectivity index (χ3v) is 5.40. The summed E-state index contributed by atoms with van der Waals surface area (Å²) in [5, 5.41) is 3.29. The number of carbonyl (C=O) groups is 1. The number of piperazine rings is 1. The highest BCUT2D eigenvalue weighted by atomic mass is 35.5. The summed E-state index contributed by atoms with van der Waals surface area (Å²) < 4.78 is 11.3. The molecule has 0 aliphatic carbocycles. The Morgan fingerprint density at radius 3 is 2.69 bits per heavy atom. The van der Waals surface area contributed by atoms with Crippen LogP contribution in [0, 0.1) is 0 Å². The summed E-state index contributed by atoms with van der Waals surface area (Å²) >= 11 is 0. The third-order valence-electron chi connectivity index (χ3n) is 5.40. The molecule has 1 N–H and O–H groups in total. The first-order chi connectivity index (χ1) is 12.3. The van der Waals surface area contributed by atoms with Gasteiger partial charge in [0.25, 0.3) is 0 Å². The van der Waals surface area contributed by atoms with Crippen LogP contribution in [0.5, 0.6) is 11.5 Å². The largest absolute Gasteiger partial charge is 0.486 e. The van der Waals surface area contributed by atoms with Crippen molar-refractivity contribution in [1.82, 2.24) is 15.1 Å². The smallest absolute Gasteiger partial charge is 0.223 e. The van der Waals surface area contributed by atoms with Crippen LogP contribution in [0.3, 0.4) is 0 Å². The highest BCUT2D eigenvalue weighted by Crippen LogP contribution is 2.38. The predicted octanol–water partition coefficient (Wildman–Crippen LogP) is 1.84. The van der Waals surface area contributed by atoms with Gasteiger partial charge in [0.15, 0.2) is 11.5 Å². The first kappa shape index (κ1) is 19.3. The van der Waals surface area contributed by atoms with Crippen molar-refractivity contribution in [3.8, 4) is 11.5 Å². The maximum absolute atomic E-state index is 12.4. The number of hydrogen-bond donors (Lipinski definition) is 1. The maximum Gasteiger partial charge on any atom is 0.223 e. The Labute approximate surface area is 161 Å². The Balaban J connectivity index is 0.00000196. The number of ether oxygens (including phenoxy) is 2. The van der Waals surface area contributed by atoms with Crippen LogP contribution < -0.4 is 14.8 Å². The second-order valence-corrected chi connectivity index (χ2v) is 6.98. The van der Waals surface area contributed by atoms with Crippen molar-refractivity contribution in [3.63, 3.8) is 0 Å². The van der Waals surface area contributed by atoms with E-state index in [1.54, 1.807) is 0 Å². The predicted molar refractivity (Wildman–Crippen MR) is 102 cm³/mol. The van der Waals surface area contributed by atoms with Crippen LogP contribution in [-0.2, 0) is 4.79 Å². The van der Waals surface area contributed by atoms with Gasteiger partial charge in [0.05, 0.1) is 0 Å². The molecule has 1 aromatic carbocycles. The Bertz CT molecular complexity index is 622. The summed E-state index contributed by atoms with van der Waals surface area (Å²) in [6.07, 6.45) is 2.93. The number of nitrogens with zero attached hydrogens (tertiary/aromatic N) is 2. The molecule has 1 atom stereocenters. The highest BCUT2D eigenvalue weighted by Gasteiger charge is 2.28. The minimum Gasteiger partial charge on any atom is -0.486 e. The van der Waals surface area contributed by atoms with E-state index in [1.807, 2.05) is 11.0 Å². The lowest BCUT2D eigenvalue weighted by Crippen LogP contribution is -2.47. The van der Waals surface area contributed by atoms with Crippen LogP contribution in [0.1, 0.15) is 30.9 Å². The van der Waals surface area contributed by atoms with Crippen LogP contribution in [-0.4, -0.2) is 68.2 Å². The van der Waals surface area contributed by atoms with E-state index in [9.17, 15) is 4.79 Å². The first-order valence-electron chi connectivity index (χ1n) is 9.43. The van der Waals surface area contributed by atoms with E-state index < -0.39 is 0 Å². The van der Waals surface area contributed by atoms with Crippen molar-refractivity contribution in [2.45, 2.75) is 25.3 Å². The molecular weight excluding hydrogens is 354 g/mol. The molecule has 4 rings (SSSR count). The third kappa shape index (κ3) is 4.24. The molecule has 144 valence electrons. The monoisotopic (exact) mass is 381 g/mol. The van der Waals surface area contributed by atoms with Gasteiger partial charge in [-0.2, -0.15) is 0 Å². The molecule has 0 radical (unpaired) electrons. The molecule has 0 aromatic heterocycles. The average Bonchev–Trinajstić information content (AvgIpc) is 3.15. The van der Waals surface area contributed by atoms with Crippen LogP contribution in [0.4, 0.5) is 0 Å². The molecule has 0 bridgehead atoms. The lowest BCUT2D eigenvalue weighted by Gasteiger charge is -2.30. The van der Waals surface area contributed by atoms with Gasteiger partial charge in [-0.1, -0.05) is 6.07 Å². The van der Waals surface area contributed by atoms with Gasteiger partial charge in [0.1, 0.15) is 13.2 Å². The van der Waals surface area contributed by atoms with Gasteiger partial charge in [-0.05, 0) is 37.1 Å². The van der Waals surface area contributed by atoms with E-state index in [-0.39, 0.29) is 18.3 Å². The topological polar surface area (TPSA) is 54.0 Å². The number of benzene rings is 1. The van der Waals surface area contributed by atoms with Crippen LogP contribution in [0.15, 0.2) is 18.2 Å². The molecule has 1 amide bonds. The molecule has 3 aliphatic rings. The fraction of sp³-hybridized carbons (Fsp3) is 0.632. The molecule has 6 nitrogen and oxygen atoms in total. The quantitative estimate of drug-likeness (QED) is 0.862. The Kier molecular flexibility index (Phi) is 6.62. The average molecular weight is 382 g/mol. The van der Waals surface area contributed by atoms with E-state index >= 15 is 0 Å². The number of carbonyl (C=O) groups excluding carboxylic acids is 1. The number of fused-ring (bicyclic) bond motifs is 1. The minimum atomic E-state index is 0. The molecule has 0 spiro atoms. The summed E-state index contributed by atoms with van der Waals surface area (Å²) in [6, 6.07) is 6.67. The summed E-state index contributed by atoms with van der Waals surface area (Å²) in [6.45, 7) is 6.63. The van der Waals surface area contributed by atoms with Crippen molar-refractivity contribution >= 4 is 18.3 Å². The molecule has 1 unspecified atom stereocenters. The van der Waals surface area contributed by atoms with Crippen LogP contribution >= 0.6 is 12.4 Å². The Morgan fingerprint density at radius 2 is 1.88 bits per heavy atom. The normalized spacial score (nSPS) is 22.8. The van der Waals surface area contributed by atoms with Gasteiger partial charge in [-0.15, -0.1) is 12.4 Å². The lowest BCUT2D eigenvalue weighted by molar-refractivity contribution is -0.132. The van der Waals surface area contributed by atoms with E-state index in [2.05, 4.69) is 22.3 Å². The van der Waals surface area contributed by atoms with E-state index in [0.29, 0.717) is 25.7 Å². The van der Waals surface area contributed by atoms with Crippen LogP contribution in [0.25, 0.3) is 0 Å². The van der Waals surface area contributed by atoms with E-state index in [4.69, 9.17) is 9.47 Å². The van der Waals surface area contributed by atoms with Crippen molar-refractivity contribution < 1.29 is 14.3 Å². The van der Waals surface area contributed by atoms with Gasteiger partial charge in [0, 0.05) is 45.2 Å². The van der Waals surface area contributed by atoms with Crippen molar-refractivity contribution in [1.29, 1.82) is 0 Å². The standard InChI is InChI=1S/C19H27N3O3.ClH/c23-19(22-10-6-20-7-11-22)5-9-21-8-1-2-16(21)15-3-4-17-18(14-15)25-13-12-24-17;/h3-4,14,16,20H,1-2,5-13H2;1H. The molecule has 3 aliphatic heterocycles. The number of amides is 1. The fourth-order valence-electron chi connectivity index (χ4n) is 4.05. The zero-order valence-corrected chi connectivity index (χ0v) is 15.9. The minimum absolute atomic E-state index is 0. The molecule has 0 saturated carbocycles. The van der Waals surface area contributed by atoms with Gasteiger partial charge in [-0.3, -0.25) is 9.69 Å². The molecule has 7 heteroatoms. The number of rotatable bonds is 4. The van der Waals surface area contributed by atoms with Gasteiger partial charge in [0.2, 0.25) is 5.91 Å². The zero-order valence-electron chi connectivity index (χ0n) is 15.1. The van der Waals surface area contributed by atoms with Gasteiger partial charge >= 0.3 is 0 Å². The SMILES string of the molecule is Cl.O=C(CCN1CCCC1c1ccc2c(c1)OCCO2)N1CCNCC1. The fourth-order valence-corrected chi connectivity index (χ4v) is 4.05. The number of nitrogens with one attached hydrogen (secondary N) is 1. The second kappa shape index (κ2) is 8.93. The Hall–Kier alpha value is -1.50. The maximum atomic E-state index is 12.4. The molecule has 2 saturated heterocycles. The second-order valence-electron chi connectivity index (χ2n) is 6.98. The molecule has 26 heavy (non-hydrogen) atoms. The number of halogens is 1.